The lowest BCUT2D eigenvalue weighted by Crippen LogP contribution is -2.40. The van der Waals surface area contributed by atoms with E-state index in [-0.39, 0.29) is 11.1 Å². The van der Waals surface area contributed by atoms with Crippen LogP contribution >= 0.6 is 0 Å². The van der Waals surface area contributed by atoms with Crippen LogP contribution in [0.5, 0.6) is 0 Å². The molecule has 0 aromatic carbocycles. The summed E-state index contributed by atoms with van der Waals surface area (Å²) in [6, 6.07) is -0.133. The maximum atomic E-state index is 12.3. The molecule has 0 atom stereocenters. The molecule has 0 radical (unpaired) electrons. The summed E-state index contributed by atoms with van der Waals surface area (Å²) in [6.07, 6.45) is 1.52. The molecule has 7 heteroatoms. The third kappa shape index (κ3) is 2.85. The van der Waals surface area contributed by atoms with Crippen molar-refractivity contribution in [3.8, 4) is 0 Å². The van der Waals surface area contributed by atoms with Crippen LogP contribution in [0.2, 0.25) is 0 Å². The van der Waals surface area contributed by atoms with E-state index in [0.717, 1.165) is 0 Å². The van der Waals surface area contributed by atoms with Gasteiger partial charge in [0.25, 0.3) is 10.0 Å². The third-order valence-electron chi connectivity index (χ3n) is 2.58. The summed E-state index contributed by atoms with van der Waals surface area (Å²) in [5.74, 6) is 0.667. The topological polar surface area (TPSA) is 81.2 Å². The molecule has 1 aromatic heterocycles. The van der Waals surface area contributed by atoms with Crippen molar-refractivity contribution in [3.63, 3.8) is 0 Å². The molecule has 0 aliphatic rings. The number of aromatic nitrogens is 2. The van der Waals surface area contributed by atoms with Crippen molar-refractivity contribution in [2.75, 3.05) is 13.1 Å². The molecule has 98 valence electrons. The molecule has 0 spiro atoms. The van der Waals surface area contributed by atoms with E-state index < -0.39 is 10.0 Å². The summed E-state index contributed by atoms with van der Waals surface area (Å²) in [6.45, 7) is 6.01. The predicted molar refractivity (Wildman–Crippen MR) is 66.0 cm³/mol. The van der Waals surface area contributed by atoms with Crippen LogP contribution in [0.25, 0.3) is 0 Å². The van der Waals surface area contributed by atoms with E-state index in [1.165, 1.54) is 10.5 Å². The Balaban J connectivity index is 3.16. The average Bonchev–Trinajstić information content (AvgIpc) is 2.55. The summed E-state index contributed by atoms with van der Waals surface area (Å²) in [7, 11) is -1.77. The highest BCUT2D eigenvalue weighted by Crippen LogP contribution is 2.16. The zero-order valence-corrected chi connectivity index (χ0v) is 11.5. The van der Waals surface area contributed by atoms with Crippen molar-refractivity contribution in [1.82, 2.24) is 13.9 Å². The van der Waals surface area contributed by atoms with Crippen molar-refractivity contribution in [2.45, 2.75) is 31.8 Å². The van der Waals surface area contributed by atoms with Gasteiger partial charge in [-0.15, -0.1) is 0 Å². The summed E-state index contributed by atoms with van der Waals surface area (Å²) < 4.78 is 27.7. The van der Waals surface area contributed by atoms with Gasteiger partial charge in [-0.05, 0) is 20.8 Å². The van der Waals surface area contributed by atoms with Crippen molar-refractivity contribution < 1.29 is 8.42 Å². The first-order valence-corrected chi connectivity index (χ1v) is 6.96. The van der Waals surface area contributed by atoms with E-state index in [2.05, 4.69) is 4.98 Å². The first kappa shape index (κ1) is 14.1. The molecule has 0 aliphatic carbocycles. The van der Waals surface area contributed by atoms with Gasteiger partial charge in [0.2, 0.25) is 0 Å². The Bertz CT molecular complexity index is 459. The molecule has 1 rings (SSSR count). The third-order valence-corrected chi connectivity index (χ3v) is 4.53. The Labute approximate surface area is 102 Å². The highest BCUT2D eigenvalue weighted by atomic mass is 32.2. The Kier molecular flexibility index (Phi) is 4.29. The molecule has 0 bridgehead atoms. The normalized spacial score (nSPS) is 12.6. The molecular weight excluding hydrogens is 240 g/mol. The number of aryl methyl sites for hydroxylation is 2. The minimum Gasteiger partial charge on any atom is -0.337 e. The number of rotatable bonds is 5. The fourth-order valence-electron chi connectivity index (χ4n) is 1.55. The molecule has 0 unspecified atom stereocenters. The molecule has 6 nitrogen and oxygen atoms in total. The standard InChI is InChI=1S/C10H20N4O2S/c1-8(2)14(6-5-11)17(15,16)10-7-13(4)9(3)12-10/h7-8H,5-6,11H2,1-4H3. The van der Waals surface area contributed by atoms with Crippen LogP contribution in [-0.4, -0.2) is 41.4 Å². The molecule has 0 saturated heterocycles. The van der Waals surface area contributed by atoms with E-state index in [9.17, 15) is 8.42 Å². The number of imidazole rings is 1. The highest BCUT2D eigenvalue weighted by Gasteiger charge is 2.28. The van der Waals surface area contributed by atoms with Gasteiger partial charge in [-0.3, -0.25) is 0 Å². The Morgan fingerprint density at radius 2 is 2.12 bits per heavy atom. The van der Waals surface area contributed by atoms with Crippen molar-refractivity contribution >= 4 is 10.0 Å². The van der Waals surface area contributed by atoms with Crippen LogP contribution < -0.4 is 5.73 Å². The highest BCUT2D eigenvalue weighted by molar-refractivity contribution is 7.89. The summed E-state index contributed by atoms with van der Waals surface area (Å²) in [4.78, 5) is 4.06. The number of hydrogen-bond donors (Lipinski definition) is 1. The Hall–Kier alpha value is -0.920. The molecule has 0 amide bonds. The molecule has 0 saturated carbocycles. The zero-order chi connectivity index (χ0) is 13.2. The SMILES string of the molecule is Cc1nc(S(=O)(=O)N(CCN)C(C)C)cn1C. The van der Waals surface area contributed by atoms with Crippen LogP contribution in [0.1, 0.15) is 19.7 Å². The van der Waals surface area contributed by atoms with Crippen molar-refractivity contribution in [3.05, 3.63) is 12.0 Å². The first-order valence-electron chi connectivity index (χ1n) is 5.52. The van der Waals surface area contributed by atoms with Crippen LogP contribution in [0.4, 0.5) is 0 Å². The molecule has 2 N–H and O–H groups in total. The minimum atomic E-state index is -3.54. The van der Waals surface area contributed by atoms with Crippen LogP contribution in [-0.2, 0) is 17.1 Å². The van der Waals surface area contributed by atoms with Crippen molar-refractivity contribution in [1.29, 1.82) is 0 Å². The second-order valence-electron chi connectivity index (χ2n) is 4.24. The van der Waals surface area contributed by atoms with Gasteiger partial charge in [-0.1, -0.05) is 0 Å². The van der Waals surface area contributed by atoms with Gasteiger partial charge in [0, 0.05) is 32.4 Å². The van der Waals surface area contributed by atoms with Crippen LogP contribution in [0.3, 0.4) is 0 Å². The van der Waals surface area contributed by atoms with E-state index in [1.807, 2.05) is 13.8 Å². The van der Waals surface area contributed by atoms with Gasteiger partial charge in [0.1, 0.15) is 5.82 Å². The zero-order valence-electron chi connectivity index (χ0n) is 10.7. The fraction of sp³-hybridized carbons (Fsp3) is 0.700. The van der Waals surface area contributed by atoms with Crippen molar-refractivity contribution in [2.24, 2.45) is 12.8 Å². The number of nitrogens with zero attached hydrogens (tertiary/aromatic N) is 3. The Morgan fingerprint density at radius 1 is 1.53 bits per heavy atom. The lowest BCUT2D eigenvalue weighted by Gasteiger charge is -2.23. The molecule has 1 heterocycles. The van der Waals surface area contributed by atoms with Gasteiger partial charge in [0.05, 0.1) is 0 Å². The lowest BCUT2D eigenvalue weighted by atomic mass is 10.4. The lowest BCUT2D eigenvalue weighted by molar-refractivity contribution is 0.360. The van der Waals surface area contributed by atoms with E-state index in [4.69, 9.17) is 5.73 Å². The average molecular weight is 260 g/mol. The molecule has 0 aliphatic heterocycles. The quantitative estimate of drug-likeness (QED) is 0.813. The van der Waals surface area contributed by atoms with Crippen LogP contribution in [0, 0.1) is 6.92 Å². The van der Waals surface area contributed by atoms with Crippen LogP contribution in [0.15, 0.2) is 11.2 Å². The first-order chi connectivity index (χ1) is 7.80. The number of hydrogen-bond acceptors (Lipinski definition) is 4. The largest absolute Gasteiger partial charge is 0.337 e. The smallest absolute Gasteiger partial charge is 0.262 e. The molecule has 17 heavy (non-hydrogen) atoms. The Morgan fingerprint density at radius 3 is 2.47 bits per heavy atom. The van der Waals surface area contributed by atoms with Gasteiger partial charge < -0.3 is 10.3 Å². The van der Waals surface area contributed by atoms with Gasteiger partial charge in [0.15, 0.2) is 5.03 Å². The van der Waals surface area contributed by atoms with E-state index in [0.29, 0.717) is 18.9 Å². The maximum Gasteiger partial charge on any atom is 0.262 e. The summed E-state index contributed by atoms with van der Waals surface area (Å²) in [5, 5.41) is 0.0830. The van der Waals surface area contributed by atoms with Gasteiger partial charge >= 0.3 is 0 Å². The fourth-order valence-corrected chi connectivity index (χ4v) is 3.23. The number of nitrogens with two attached hydrogens (primary N) is 1. The second kappa shape index (κ2) is 5.16. The minimum absolute atomic E-state index is 0.0830. The second-order valence-corrected chi connectivity index (χ2v) is 6.07. The monoisotopic (exact) mass is 260 g/mol. The summed E-state index contributed by atoms with van der Waals surface area (Å²) in [5.41, 5.74) is 5.45. The molecule has 1 aromatic rings. The van der Waals surface area contributed by atoms with Gasteiger partial charge in [-0.25, -0.2) is 13.4 Å². The number of sulfonamides is 1. The molecule has 0 fully saturated rings. The summed E-state index contributed by atoms with van der Waals surface area (Å²) >= 11 is 0. The maximum absolute atomic E-state index is 12.3. The molecular formula is C10H20N4O2S. The van der Waals surface area contributed by atoms with E-state index >= 15 is 0 Å². The van der Waals surface area contributed by atoms with E-state index in [1.54, 1.807) is 18.5 Å². The predicted octanol–water partition coefficient (Wildman–Crippen LogP) is 0.0863. The van der Waals surface area contributed by atoms with Gasteiger partial charge in [-0.2, -0.15) is 4.31 Å².